The van der Waals surface area contributed by atoms with Gasteiger partial charge in [-0.25, -0.2) is 4.99 Å². The van der Waals surface area contributed by atoms with Crippen molar-refractivity contribution in [2.24, 2.45) is 4.99 Å². The lowest BCUT2D eigenvalue weighted by atomic mass is 10.0. The van der Waals surface area contributed by atoms with Crippen molar-refractivity contribution >= 4 is 11.6 Å². The molecule has 1 aliphatic rings. The molecule has 0 radical (unpaired) electrons. The van der Waals surface area contributed by atoms with E-state index in [0.717, 1.165) is 44.2 Å². The first kappa shape index (κ1) is 19.0. The summed E-state index contributed by atoms with van der Waals surface area (Å²) < 4.78 is 5.66. The summed E-state index contributed by atoms with van der Waals surface area (Å²) in [7, 11) is 0. The normalized spacial score (nSPS) is 15.4. The van der Waals surface area contributed by atoms with Crippen LogP contribution in [0, 0.1) is 0 Å². The van der Waals surface area contributed by atoms with Crippen LogP contribution in [0.2, 0.25) is 0 Å². The molecule has 0 unspecified atom stereocenters. The molecule has 2 heterocycles. The minimum Gasteiger partial charge on any atom is -0.490 e. The molecule has 0 amide bonds. The van der Waals surface area contributed by atoms with Crippen LogP contribution in [0.1, 0.15) is 19.8 Å². The van der Waals surface area contributed by atoms with E-state index in [9.17, 15) is 0 Å². The predicted octanol–water partition coefficient (Wildman–Crippen LogP) is 2.68. The first-order valence-corrected chi connectivity index (χ1v) is 9.73. The number of nitrogens with zero attached hydrogens (tertiary/aromatic N) is 3. The standard InChI is InChI=1S/C21H29N5O/c1-2-23-21(24-13-16-27-20-9-6-12-22-17-20)25-18-10-14-26(15-11-18)19-7-4-3-5-8-19/h3-9,12,17-18H,2,10-11,13-16H2,1H3,(H2,23,24,25). The van der Waals surface area contributed by atoms with Crippen molar-refractivity contribution in [3.8, 4) is 5.75 Å². The molecule has 3 rings (SSSR count). The SMILES string of the molecule is CCNC(=NCCOc1cccnc1)NC1CCN(c2ccccc2)CC1. The first-order valence-electron chi connectivity index (χ1n) is 9.73. The molecule has 0 saturated carbocycles. The number of benzene rings is 1. The van der Waals surface area contributed by atoms with Gasteiger partial charge in [0.2, 0.25) is 0 Å². The zero-order valence-corrected chi connectivity index (χ0v) is 16.0. The molecule has 0 spiro atoms. The summed E-state index contributed by atoms with van der Waals surface area (Å²) in [6.07, 6.45) is 5.66. The Morgan fingerprint density at radius 2 is 2.00 bits per heavy atom. The average molecular weight is 367 g/mol. The van der Waals surface area contributed by atoms with Crippen LogP contribution in [-0.2, 0) is 0 Å². The summed E-state index contributed by atoms with van der Waals surface area (Å²) in [5.41, 5.74) is 1.31. The van der Waals surface area contributed by atoms with E-state index < -0.39 is 0 Å². The summed E-state index contributed by atoms with van der Waals surface area (Å²) in [4.78, 5) is 11.1. The molecule has 1 aromatic carbocycles. The predicted molar refractivity (Wildman–Crippen MR) is 111 cm³/mol. The second-order valence-electron chi connectivity index (χ2n) is 6.54. The molecule has 0 aliphatic carbocycles. The first-order chi connectivity index (χ1) is 13.3. The molecule has 1 aliphatic heterocycles. The molecule has 1 fully saturated rings. The number of nitrogens with one attached hydrogen (secondary N) is 2. The highest BCUT2D eigenvalue weighted by Crippen LogP contribution is 2.19. The number of hydrogen-bond donors (Lipinski definition) is 2. The van der Waals surface area contributed by atoms with Crippen molar-refractivity contribution in [2.75, 3.05) is 37.7 Å². The third kappa shape index (κ3) is 6.16. The molecule has 6 heteroatoms. The van der Waals surface area contributed by atoms with E-state index in [4.69, 9.17) is 4.74 Å². The van der Waals surface area contributed by atoms with Crippen LogP contribution in [0.25, 0.3) is 0 Å². The lowest BCUT2D eigenvalue weighted by Crippen LogP contribution is -2.48. The van der Waals surface area contributed by atoms with Gasteiger partial charge < -0.3 is 20.3 Å². The maximum Gasteiger partial charge on any atom is 0.191 e. The zero-order chi connectivity index (χ0) is 18.7. The van der Waals surface area contributed by atoms with E-state index in [0.29, 0.717) is 19.2 Å². The van der Waals surface area contributed by atoms with Crippen molar-refractivity contribution in [3.05, 3.63) is 54.9 Å². The Labute approximate surface area is 161 Å². The average Bonchev–Trinajstić information content (AvgIpc) is 2.73. The van der Waals surface area contributed by atoms with Gasteiger partial charge in [0.1, 0.15) is 12.4 Å². The van der Waals surface area contributed by atoms with Crippen molar-refractivity contribution in [1.29, 1.82) is 0 Å². The third-order valence-corrected chi connectivity index (χ3v) is 4.57. The fraction of sp³-hybridized carbons (Fsp3) is 0.429. The quantitative estimate of drug-likeness (QED) is 0.448. The monoisotopic (exact) mass is 367 g/mol. The Morgan fingerprint density at radius 3 is 2.70 bits per heavy atom. The van der Waals surface area contributed by atoms with E-state index in [2.05, 4.69) is 62.8 Å². The molecular formula is C21H29N5O. The number of hydrogen-bond acceptors (Lipinski definition) is 4. The molecular weight excluding hydrogens is 338 g/mol. The van der Waals surface area contributed by atoms with Gasteiger partial charge in [-0.15, -0.1) is 0 Å². The smallest absolute Gasteiger partial charge is 0.191 e. The highest BCUT2D eigenvalue weighted by molar-refractivity contribution is 5.80. The lowest BCUT2D eigenvalue weighted by Gasteiger charge is -2.34. The molecule has 144 valence electrons. The van der Waals surface area contributed by atoms with Gasteiger partial charge in [0, 0.05) is 37.6 Å². The van der Waals surface area contributed by atoms with Crippen molar-refractivity contribution in [2.45, 2.75) is 25.8 Å². The number of aliphatic imine (C=N–C) groups is 1. The number of piperidine rings is 1. The number of guanidine groups is 1. The summed E-state index contributed by atoms with van der Waals surface area (Å²) in [6.45, 7) is 6.19. The Bertz CT molecular complexity index is 684. The van der Waals surface area contributed by atoms with Gasteiger partial charge in [0.25, 0.3) is 0 Å². The maximum absolute atomic E-state index is 5.66. The van der Waals surface area contributed by atoms with Gasteiger partial charge in [-0.1, -0.05) is 18.2 Å². The number of anilines is 1. The second-order valence-corrected chi connectivity index (χ2v) is 6.54. The lowest BCUT2D eigenvalue weighted by molar-refractivity contribution is 0.327. The maximum atomic E-state index is 5.66. The second kappa shape index (κ2) is 10.4. The number of rotatable bonds is 7. The molecule has 2 aromatic rings. The Kier molecular flexibility index (Phi) is 7.33. The fourth-order valence-electron chi connectivity index (χ4n) is 3.19. The summed E-state index contributed by atoms with van der Waals surface area (Å²) in [5, 5.41) is 6.90. The Balaban J connectivity index is 1.43. The number of para-hydroxylation sites is 1. The van der Waals surface area contributed by atoms with Gasteiger partial charge in [-0.2, -0.15) is 0 Å². The Morgan fingerprint density at radius 1 is 1.19 bits per heavy atom. The van der Waals surface area contributed by atoms with Crippen molar-refractivity contribution in [3.63, 3.8) is 0 Å². The van der Waals surface area contributed by atoms with Crippen LogP contribution in [0.3, 0.4) is 0 Å². The van der Waals surface area contributed by atoms with E-state index in [1.807, 2.05) is 12.1 Å². The van der Waals surface area contributed by atoms with Crippen LogP contribution in [0.4, 0.5) is 5.69 Å². The minimum atomic E-state index is 0.446. The molecule has 6 nitrogen and oxygen atoms in total. The summed E-state index contributed by atoms with van der Waals surface area (Å²) in [6, 6.07) is 14.8. The van der Waals surface area contributed by atoms with E-state index in [-0.39, 0.29) is 0 Å². The van der Waals surface area contributed by atoms with Crippen LogP contribution in [0.5, 0.6) is 5.75 Å². The number of pyridine rings is 1. The number of ether oxygens (including phenoxy) is 1. The molecule has 0 atom stereocenters. The molecule has 27 heavy (non-hydrogen) atoms. The zero-order valence-electron chi connectivity index (χ0n) is 16.0. The van der Waals surface area contributed by atoms with Gasteiger partial charge >= 0.3 is 0 Å². The Hall–Kier alpha value is -2.76. The summed E-state index contributed by atoms with van der Waals surface area (Å²) in [5.74, 6) is 1.64. The fourth-order valence-corrected chi connectivity index (χ4v) is 3.19. The van der Waals surface area contributed by atoms with Gasteiger partial charge in [0.15, 0.2) is 5.96 Å². The molecule has 2 N–H and O–H groups in total. The van der Waals surface area contributed by atoms with Gasteiger partial charge in [-0.3, -0.25) is 4.98 Å². The summed E-state index contributed by atoms with van der Waals surface area (Å²) >= 11 is 0. The highest BCUT2D eigenvalue weighted by atomic mass is 16.5. The van der Waals surface area contributed by atoms with Crippen LogP contribution in [0.15, 0.2) is 59.9 Å². The topological polar surface area (TPSA) is 61.8 Å². The van der Waals surface area contributed by atoms with E-state index >= 15 is 0 Å². The van der Waals surface area contributed by atoms with Crippen LogP contribution >= 0.6 is 0 Å². The largest absolute Gasteiger partial charge is 0.490 e. The molecule has 0 bridgehead atoms. The molecule has 1 aromatic heterocycles. The minimum absolute atomic E-state index is 0.446. The van der Waals surface area contributed by atoms with Gasteiger partial charge in [-0.05, 0) is 44.0 Å². The highest BCUT2D eigenvalue weighted by Gasteiger charge is 2.20. The van der Waals surface area contributed by atoms with E-state index in [1.165, 1.54) is 5.69 Å². The van der Waals surface area contributed by atoms with Crippen molar-refractivity contribution in [1.82, 2.24) is 15.6 Å². The number of aromatic nitrogens is 1. The van der Waals surface area contributed by atoms with Gasteiger partial charge in [0.05, 0.1) is 12.7 Å². The van der Waals surface area contributed by atoms with Crippen LogP contribution < -0.4 is 20.3 Å². The van der Waals surface area contributed by atoms with Crippen LogP contribution in [-0.4, -0.2) is 49.8 Å². The third-order valence-electron chi connectivity index (χ3n) is 4.57. The van der Waals surface area contributed by atoms with Crippen molar-refractivity contribution < 1.29 is 4.74 Å². The molecule has 1 saturated heterocycles. The van der Waals surface area contributed by atoms with E-state index in [1.54, 1.807) is 12.4 Å².